The number of hydrogen-bond acceptors (Lipinski definition) is 3. The van der Waals surface area contributed by atoms with Crippen LogP contribution in [0.2, 0.25) is 0 Å². The molecule has 0 radical (unpaired) electrons. The molecule has 0 saturated carbocycles. The standard InChI is InChI=1S/C15H16N2OS/c1-11(12-7-4-3-5-8-12)17-14(18)13-9-6-10-16-15(13)19-2/h3-11H,1-2H3,(H,17,18)/t11-/m1/s1. The molecule has 1 N–H and O–H groups in total. The molecule has 1 aromatic carbocycles. The summed E-state index contributed by atoms with van der Waals surface area (Å²) in [4.78, 5) is 16.4. The Hall–Kier alpha value is -1.81. The smallest absolute Gasteiger partial charge is 0.254 e. The predicted octanol–water partition coefficient (Wildman–Crippen LogP) is 3.29. The van der Waals surface area contributed by atoms with Crippen LogP contribution in [0.25, 0.3) is 0 Å². The third kappa shape index (κ3) is 3.35. The number of aromatic nitrogens is 1. The van der Waals surface area contributed by atoms with Gasteiger partial charge in [0.2, 0.25) is 0 Å². The maximum atomic E-state index is 12.2. The van der Waals surface area contributed by atoms with E-state index >= 15 is 0 Å². The van der Waals surface area contributed by atoms with Crippen molar-refractivity contribution in [3.05, 3.63) is 59.8 Å². The second-order valence-electron chi connectivity index (χ2n) is 4.17. The van der Waals surface area contributed by atoms with Gasteiger partial charge in [0.1, 0.15) is 5.03 Å². The normalized spacial score (nSPS) is 11.9. The molecule has 2 rings (SSSR count). The second-order valence-corrected chi connectivity index (χ2v) is 4.96. The number of carbonyl (C=O) groups excluding carboxylic acids is 1. The zero-order chi connectivity index (χ0) is 13.7. The first kappa shape index (κ1) is 13.6. The summed E-state index contributed by atoms with van der Waals surface area (Å²) in [7, 11) is 0. The second kappa shape index (κ2) is 6.38. The number of carbonyl (C=O) groups is 1. The van der Waals surface area contributed by atoms with Crippen molar-refractivity contribution in [3.63, 3.8) is 0 Å². The summed E-state index contributed by atoms with van der Waals surface area (Å²) in [5.74, 6) is -0.0891. The van der Waals surface area contributed by atoms with Crippen LogP contribution in [0.5, 0.6) is 0 Å². The summed E-state index contributed by atoms with van der Waals surface area (Å²) in [6.07, 6.45) is 3.61. The average Bonchev–Trinajstić information content (AvgIpc) is 2.48. The van der Waals surface area contributed by atoms with E-state index in [2.05, 4.69) is 10.3 Å². The van der Waals surface area contributed by atoms with Crippen molar-refractivity contribution >= 4 is 17.7 Å². The molecule has 0 saturated heterocycles. The van der Waals surface area contributed by atoms with Crippen molar-refractivity contribution in [1.82, 2.24) is 10.3 Å². The number of pyridine rings is 1. The fourth-order valence-electron chi connectivity index (χ4n) is 1.83. The molecule has 19 heavy (non-hydrogen) atoms. The van der Waals surface area contributed by atoms with Crippen molar-refractivity contribution in [2.24, 2.45) is 0 Å². The fraction of sp³-hybridized carbons (Fsp3) is 0.200. The van der Waals surface area contributed by atoms with Crippen molar-refractivity contribution in [2.45, 2.75) is 18.0 Å². The number of nitrogens with one attached hydrogen (secondary N) is 1. The highest BCUT2D eigenvalue weighted by Crippen LogP contribution is 2.18. The van der Waals surface area contributed by atoms with Crippen molar-refractivity contribution in [2.75, 3.05) is 6.26 Å². The monoisotopic (exact) mass is 272 g/mol. The van der Waals surface area contributed by atoms with Crippen molar-refractivity contribution < 1.29 is 4.79 Å². The Morgan fingerprint density at radius 2 is 1.95 bits per heavy atom. The number of rotatable bonds is 4. The quantitative estimate of drug-likeness (QED) is 0.868. The predicted molar refractivity (Wildman–Crippen MR) is 78.3 cm³/mol. The van der Waals surface area contributed by atoms with Gasteiger partial charge in [-0.25, -0.2) is 4.98 Å². The highest BCUT2D eigenvalue weighted by Gasteiger charge is 2.14. The average molecular weight is 272 g/mol. The molecule has 1 atom stereocenters. The van der Waals surface area contributed by atoms with E-state index in [1.165, 1.54) is 11.8 Å². The van der Waals surface area contributed by atoms with Crippen molar-refractivity contribution in [3.8, 4) is 0 Å². The van der Waals surface area contributed by atoms with E-state index in [-0.39, 0.29) is 11.9 Å². The minimum Gasteiger partial charge on any atom is -0.345 e. The lowest BCUT2D eigenvalue weighted by atomic mass is 10.1. The Labute approximate surface area is 117 Å². The molecular weight excluding hydrogens is 256 g/mol. The fourth-order valence-corrected chi connectivity index (χ4v) is 2.37. The Bertz CT molecular complexity index is 557. The van der Waals surface area contributed by atoms with Crippen LogP contribution < -0.4 is 5.32 Å². The maximum Gasteiger partial charge on any atom is 0.254 e. The molecule has 0 unspecified atom stereocenters. The molecule has 3 nitrogen and oxygen atoms in total. The molecule has 0 spiro atoms. The van der Waals surface area contributed by atoms with E-state index in [1.54, 1.807) is 18.3 Å². The highest BCUT2D eigenvalue weighted by molar-refractivity contribution is 7.98. The summed E-state index contributed by atoms with van der Waals surface area (Å²) in [6, 6.07) is 13.5. The Balaban J connectivity index is 2.13. The minimum atomic E-state index is -0.0891. The van der Waals surface area contributed by atoms with Gasteiger partial charge in [-0.3, -0.25) is 4.79 Å². The van der Waals surface area contributed by atoms with E-state index in [0.717, 1.165) is 10.6 Å². The SMILES string of the molecule is CSc1ncccc1C(=O)N[C@H](C)c1ccccc1. The van der Waals surface area contributed by atoms with Crippen LogP contribution >= 0.6 is 11.8 Å². The lowest BCUT2D eigenvalue weighted by Gasteiger charge is -2.15. The molecule has 0 aliphatic heterocycles. The van der Waals surface area contributed by atoms with Gasteiger partial charge in [-0.2, -0.15) is 0 Å². The Morgan fingerprint density at radius 1 is 1.21 bits per heavy atom. The summed E-state index contributed by atoms with van der Waals surface area (Å²) < 4.78 is 0. The molecule has 0 aliphatic carbocycles. The van der Waals surface area contributed by atoms with Gasteiger partial charge >= 0.3 is 0 Å². The van der Waals surface area contributed by atoms with Crippen LogP contribution in [-0.4, -0.2) is 17.1 Å². The maximum absolute atomic E-state index is 12.2. The molecule has 0 bridgehead atoms. The summed E-state index contributed by atoms with van der Waals surface area (Å²) >= 11 is 1.47. The van der Waals surface area contributed by atoms with E-state index in [9.17, 15) is 4.79 Å². The van der Waals surface area contributed by atoms with E-state index < -0.39 is 0 Å². The van der Waals surface area contributed by atoms with Gasteiger partial charge in [-0.1, -0.05) is 30.3 Å². The van der Waals surface area contributed by atoms with E-state index in [4.69, 9.17) is 0 Å². The van der Waals surface area contributed by atoms with Crippen LogP contribution in [-0.2, 0) is 0 Å². The van der Waals surface area contributed by atoms with Gasteiger partial charge < -0.3 is 5.32 Å². The number of nitrogens with zero attached hydrogens (tertiary/aromatic N) is 1. The third-order valence-electron chi connectivity index (χ3n) is 2.86. The van der Waals surface area contributed by atoms with Gasteiger partial charge in [-0.05, 0) is 30.9 Å². The van der Waals surface area contributed by atoms with Crippen LogP contribution in [0, 0.1) is 0 Å². The molecule has 1 heterocycles. The molecule has 98 valence electrons. The van der Waals surface area contributed by atoms with Crippen LogP contribution in [0.1, 0.15) is 28.9 Å². The van der Waals surface area contributed by atoms with Gasteiger partial charge in [-0.15, -0.1) is 11.8 Å². The first-order valence-electron chi connectivity index (χ1n) is 6.07. The third-order valence-corrected chi connectivity index (χ3v) is 3.57. The van der Waals surface area contributed by atoms with Crippen LogP contribution in [0.3, 0.4) is 0 Å². The van der Waals surface area contributed by atoms with E-state index in [0.29, 0.717) is 5.56 Å². The van der Waals surface area contributed by atoms with Crippen LogP contribution in [0.15, 0.2) is 53.7 Å². The first-order chi connectivity index (χ1) is 9.22. The van der Waals surface area contributed by atoms with Crippen molar-refractivity contribution in [1.29, 1.82) is 0 Å². The molecule has 2 aromatic rings. The highest BCUT2D eigenvalue weighted by atomic mass is 32.2. The van der Waals surface area contributed by atoms with E-state index in [1.807, 2.05) is 43.5 Å². The van der Waals surface area contributed by atoms with Gasteiger partial charge in [0, 0.05) is 6.20 Å². The summed E-state index contributed by atoms with van der Waals surface area (Å²) in [6.45, 7) is 1.97. The zero-order valence-electron chi connectivity index (χ0n) is 11.0. The molecular formula is C15H16N2OS. The number of amides is 1. The number of hydrogen-bond donors (Lipinski definition) is 1. The Morgan fingerprint density at radius 3 is 2.63 bits per heavy atom. The summed E-state index contributed by atoms with van der Waals surface area (Å²) in [5, 5.41) is 3.75. The minimum absolute atomic E-state index is 0.0244. The molecule has 0 aliphatic rings. The van der Waals surface area contributed by atoms with Crippen LogP contribution in [0.4, 0.5) is 0 Å². The largest absolute Gasteiger partial charge is 0.345 e. The van der Waals surface area contributed by atoms with Gasteiger partial charge in [0.25, 0.3) is 5.91 Å². The molecule has 4 heteroatoms. The Kier molecular flexibility index (Phi) is 4.58. The molecule has 1 aromatic heterocycles. The topological polar surface area (TPSA) is 42.0 Å². The number of benzene rings is 1. The summed E-state index contributed by atoms with van der Waals surface area (Å²) in [5.41, 5.74) is 1.71. The number of thioether (sulfide) groups is 1. The lowest BCUT2D eigenvalue weighted by molar-refractivity contribution is 0.0936. The molecule has 0 fully saturated rings. The lowest BCUT2D eigenvalue weighted by Crippen LogP contribution is -2.27. The molecule has 1 amide bonds. The zero-order valence-corrected chi connectivity index (χ0v) is 11.8. The van der Waals surface area contributed by atoms with Gasteiger partial charge in [0.05, 0.1) is 11.6 Å². The van der Waals surface area contributed by atoms with Gasteiger partial charge in [0.15, 0.2) is 0 Å². The first-order valence-corrected chi connectivity index (χ1v) is 7.29.